The quantitative estimate of drug-likeness (QED) is 0.599. The summed E-state index contributed by atoms with van der Waals surface area (Å²) < 4.78 is 11.6. The summed E-state index contributed by atoms with van der Waals surface area (Å²) in [5.74, 6) is 0. The van der Waals surface area contributed by atoms with Crippen molar-refractivity contribution >= 4 is 19.1 Å². The minimum Gasteiger partial charge on any atom is -0.243 e. The van der Waals surface area contributed by atoms with Crippen LogP contribution >= 0.6 is 7.80 Å². The van der Waals surface area contributed by atoms with Crippen LogP contribution in [0.25, 0.3) is 11.1 Å². The Hall–Kier alpha value is -1.79. The van der Waals surface area contributed by atoms with E-state index in [1.807, 2.05) is 42.5 Å². The van der Waals surface area contributed by atoms with Gasteiger partial charge in [0.15, 0.2) is 0 Å². The zero-order valence-corrected chi connectivity index (χ0v) is 9.43. The Morgan fingerprint density at radius 3 is 2.19 bits per heavy atom. The molecule has 1 unspecified atom stereocenters. The molecule has 3 heteroatoms. The Labute approximate surface area is 94.7 Å². The highest BCUT2D eigenvalue weighted by molar-refractivity contribution is 7.68. The van der Waals surface area contributed by atoms with Crippen molar-refractivity contribution in [2.45, 2.75) is 0 Å². The molecule has 0 spiro atoms. The Morgan fingerprint density at radius 1 is 0.875 bits per heavy atom. The van der Waals surface area contributed by atoms with Crippen LogP contribution in [-0.2, 0) is 9.36 Å². The molecule has 0 saturated carbocycles. The Morgan fingerprint density at radius 2 is 1.50 bits per heavy atom. The SMILES string of the molecule is O=C[P+](=O)c1ccccc1-c1ccccc1. The molecule has 0 radical (unpaired) electrons. The molecule has 78 valence electrons. The zero-order chi connectivity index (χ0) is 11.4. The van der Waals surface area contributed by atoms with Crippen molar-refractivity contribution < 1.29 is 9.36 Å². The van der Waals surface area contributed by atoms with E-state index in [0.717, 1.165) is 11.1 Å². The summed E-state index contributed by atoms with van der Waals surface area (Å²) in [7, 11) is -1.95. The lowest BCUT2D eigenvalue weighted by Crippen LogP contribution is -2.01. The van der Waals surface area contributed by atoms with Crippen molar-refractivity contribution in [2.75, 3.05) is 0 Å². The van der Waals surface area contributed by atoms with Crippen LogP contribution < -0.4 is 5.30 Å². The second-order valence-electron chi connectivity index (χ2n) is 3.31. The van der Waals surface area contributed by atoms with Gasteiger partial charge >= 0.3 is 13.8 Å². The van der Waals surface area contributed by atoms with E-state index in [4.69, 9.17) is 0 Å². The van der Waals surface area contributed by atoms with Crippen LogP contribution in [0.2, 0.25) is 0 Å². The van der Waals surface area contributed by atoms with Crippen molar-refractivity contribution in [1.82, 2.24) is 0 Å². The average Bonchev–Trinajstić information content (AvgIpc) is 2.39. The molecule has 0 bridgehead atoms. The van der Waals surface area contributed by atoms with E-state index in [2.05, 4.69) is 0 Å². The highest BCUT2D eigenvalue weighted by Crippen LogP contribution is 2.25. The Bertz CT molecular complexity index is 520. The van der Waals surface area contributed by atoms with Gasteiger partial charge in [0.2, 0.25) is 5.30 Å². The van der Waals surface area contributed by atoms with E-state index in [9.17, 15) is 9.36 Å². The van der Waals surface area contributed by atoms with E-state index in [-0.39, 0.29) is 0 Å². The molecule has 0 aromatic heterocycles. The molecule has 0 aliphatic carbocycles. The summed E-state index contributed by atoms with van der Waals surface area (Å²) in [6.45, 7) is 0. The summed E-state index contributed by atoms with van der Waals surface area (Å²) in [5, 5.41) is 0.596. The number of carbonyl (C=O) groups is 1. The predicted octanol–water partition coefficient (Wildman–Crippen LogP) is 3.00. The van der Waals surface area contributed by atoms with E-state index >= 15 is 0 Å². The zero-order valence-electron chi connectivity index (χ0n) is 8.54. The maximum atomic E-state index is 11.6. The lowest BCUT2D eigenvalue weighted by atomic mass is 10.1. The van der Waals surface area contributed by atoms with Gasteiger partial charge in [-0.3, -0.25) is 0 Å². The molecule has 0 aliphatic rings. The number of hydrogen-bond donors (Lipinski definition) is 0. The van der Waals surface area contributed by atoms with E-state index < -0.39 is 7.80 Å². The summed E-state index contributed by atoms with van der Waals surface area (Å²) in [5.41, 5.74) is 1.83. The molecule has 2 aromatic carbocycles. The van der Waals surface area contributed by atoms with Gasteiger partial charge in [-0.1, -0.05) is 47.0 Å². The molecule has 2 rings (SSSR count). The summed E-state index contributed by atoms with van der Waals surface area (Å²) in [4.78, 5) is 10.6. The van der Waals surface area contributed by atoms with Gasteiger partial charge in [-0.15, -0.1) is 0 Å². The van der Waals surface area contributed by atoms with E-state index in [1.54, 1.807) is 12.1 Å². The molecular formula is C13H10O2P+. The van der Waals surface area contributed by atoms with Crippen LogP contribution in [0.15, 0.2) is 54.6 Å². The fraction of sp³-hybridized carbons (Fsp3) is 0. The van der Waals surface area contributed by atoms with Crippen LogP contribution in [0, 0.1) is 0 Å². The van der Waals surface area contributed by atoms with Gasteiger partial charge in [-0.2, -0.15) is 0 Å². The summed E-state index contributed by atoms with van der Waals surface area (Å²) in [6, 6.07) is 17.4. The van der Waals surface area contributed by atoms with E-state index in [0.29, 0.717) is 11.3 Å². The van der Waals surface area contributed by atoms with Crippen LogP contribution in [-0.4, -0.2) is 6.03 Å². The van der Waals surface area contributed by atoms with Gasteiger partial charge in [-0.05, 0) is 17.7 Å². The van der Waals surface area contributed by atoms with Gasteiger partial charge < -0.3 is 0 Å². The first kappa shape index (κ1) is 10.7. The third-order valence-corrected chi connectivity index (χ3v) is 3.38. The maximum Gasteiger partial charge on any atom is 0.450 e. The standard InChI is InChI=1S/C13H10O2P/c14-10-16(15)13-9-5-4-8-12(13)11-6-2-1-3-7-11/h1-10H/q+1. The molecule has 0 N–H and O–H groups in total. The van der Waals surface area contributed by atoms with Gasteiger partial charge in [0.1, 0.15) is 0 Å². The maximum absolute atomic E-state index is 11.6. The first-order valence-electron chi connectivity index (χ1n) is 4.89. The van der Waals surface area contributed by atoms with Crippen molar-refractivity contribution in [3.8, 4) is 11.1 Å². The monoisotopic (exact) mass is 229 g/mol. The fourth-order valence-corrected chi connectivity index (χ4v) is 2.37. The third kappa shape index (κ3) is 2.07. The normalized spacial score (nSPS) is 10.9. The summed E-state index contributed by atoms with van der Waals surface area (Å²) >= 11 is 0. The van der Waals surface area contributed by atoms with E-state index in [1.165, 1.54) is 0 Å². The molecule has 0 aliphatic heterocycles. The van der Waals surface area contributed by atoms with Crippen LogP contribution in [0.4, 0.5) is 0 Å². The summed E-state index contributed by atoms with van der Waals surface area (Å²) in [6.07, 6.45) is 0. The first-order valence-corrected chi connectivity index (χ1v) is 6.22. The lowest BCUT2D eigenvalue weighted by molar-refractivity contribution is 0.560. The minimum absolute atomic E-state index is 0.497. The van der Waals surface area contributed by atoms with Crippen LogP contribution in [0.5, 0.6) is 0 Å². The van der Waals surface area contributed by atoms with Gasteiger partial charge in [0.25, 0.3) is 0 Å². The van der Waals surface area contributed by atoms with Crippen LogP contribution in [0.1, 0.15) is 0 Å². The average molecular weight is 229 g/mol. The van der Waals surface area contributed by atoms with Gasteiger partial charge in [-0.25, -0.2) is 4.79 Å². The predicted molar refractivity (Wildman–Crippen MR) is 65.9 cm³/mol. The third-order valence-electron chi connectivity index (χ3n) is 2.32. The highest BCUT2D eigenvalue weighted by Gasteiger charge is 2.22. The smallest absolute Gasteiger partial charge is 0.243 e. The fourth-order valence-electron chi connectivity index (χ4n) is 1.58. The second-order valence-corrected chi connectivity index (χ2v) is 4.66. The number of benzene rings is 2. The highest BCUT2D eigenvalue weighted by atomic mass is 31.1. The first-order chi connectivity index (χ1) is 7.83. The molecule has 0 heterocycles. The molecule has 0 saturated heterocycles. The molecule has 0 amide bonds. The molecule has 2 nitrogen and oxygen atoms in total. The molecule has 2 aromatic rings. The number of rotatable bonds is 3. The molecular weight excluding hydrogens is 219 g/mol. The number of carbonyl (C=O) groups excluding carboxylic acids is 1. The van der Waals surface area contributed by atoms with Crippen LogP contribution in [0.3, 0.4) is 0 Å². The van der Waals surface area contributed by atoms with Gasteiger partial charge in [0, 0.05) is 5.56 Å². The lowest BCUT2D eigenvalue weighted by Gasteiger charge is -2.00. The van der Waals surface area contributed by atoms with Crippen molar-refractivity contribution in [3.63, 3.8) is 0 Å². The number of hydrogen-bond acceptors (Lipinski definition) is 2. The Balaban J connectivity index is 2.57. The molecule has 16 heavy (non-hydrogen) atoms. The molecule has 0 fully saturated rings. The minimum atomic E-state index is -1.95. The topological polar surface area (TPSA) is 34.1 Å². The second kappa shape index (κ2) is 4.82. The van der Waals surface area contributed by atoms with Crippen molar-refractivity contribution in [1.29, 1.82) is 0 Å². The van der Waals surface area contributed by atoms with Gasteiger partial charge in [0.05, 0.1) is 0 Å². The van der Waals surface area contributed by atoms with Crippen molar-refractivity contribution in [2.24, 2.45) is 0 Å². The largest absolute Gasteiger partial charge is 0.450 e. The Kier molecular flexibility index (Phi) is 3.23. The molecule has 1 atom stereocenters. The van der Waals surface area contributed by atoms with Crippen molar-refractivity contribution in [3.05, 3.63) is 54.6 Å².